The van der Waals surface area contributed by atoms with Crippen molar-refractivity contribution in [3.63, 3.8) is 0 Å². The van der Waals surface area contributed by atoms with Crippen LogP contribution < -0.4 is 15.0 Å². The third-order valence-corrected chi connectivity index (χ3v) is 14.5. The van der Waals surface area contributed by atoms with Gasteiger partial charge in [0.15, 0.2) is 15.6 Å². The molecule has 0 saturated carbocycles. The first-order chi connectivity index (χ1) is 30.9. The van der Waals surface area contributed by atoms with Crippen LogP contribution in [0.3, 0.4) is 0 Å². The first kappa shape index (κ1) is 45.8. The molecule has 4 heterocycles. The number of nitro benzene ring substituents is 1. The average molecular weight is 915 g/mol. The Kier molecular flexibility index (Phi) is 13.1. The van der Waals surface area contributed by atoms with Crippen molar-refractivity contribution in [1.29, 1.82) is 0 Å². The highest BCUT2D eigenvalue weighted by atomic mass is 32.2. The number of hydrogen-bond donors (Lipinski definition) is 2. The van der Waals surface area contributed by atoms with Crippen LogP contribution in [0, 0.1) is 28.4 Å². The molecule has 0 radical (unpaired) electrons. The summed E-state index contributed by atoms with van der Waals surface area (Å²) in [6, 6.07) is 16.3. The number of aromatic amines is 1. The standard InChI is InChI=1S/C48H53F3N6O7S/c1-31-22-35(48(49,50)51)4-7-39(31)41-26-47(2,3)14-10-34(41)29-55-16-18-56(19-17-55)36-5-8-40(45(24-36)64-37-23-33-11-15-52-46(33)54-28-37)44(58)30-65(61,62)38-6-9-42(43(25-38)57(59)60)53-27-32-12-20-63-21-13-32/h4-9,11,15,22-25,28,32,53H,10,12-14,16-21,26-27,29-30H2,1-3H3,(H,52,54). The molecule has 0 bridgehead atoms. The summed E-state index contributed by atoms with van der Waals surface area (Å²) in [5.74, 6) is -0.979. The lowest BCUT2D eigenvalue weighted by molar-refractivity contribution is -0.384. The fourth-order valence-electron chi connectivity index (χ4n) is 9.07. The van der Waals surface area contributed by atoms with Gasteiger partial charge in [0.25, 0.3) is 5.69 Å². The van der Waals surface area contributed by atoms with Gasteiger partial charge in [-0.3, -0.25) is 19.8 Å². The van der Waals surface area contributed by atoms with E-state index in [0.717, 1.165) is 60.4 Å². The van der Waals surface area contributed by atoms with E-state index in [9.17, 15) is 36.5 Å². The van der Waals surface area contributed by atoms with Crippen molar-refractivity contribution in [2.24, 2.45) is 11.3 Å². The monoisotopic (exact) mass is 914 g/mol. The molecular weight excluding hydrogens is 862 g/mol. The van der Waals surface area contributed by atoms with Gasteiger partial charge >= 0.3 is 6.18 Å². The average Bonchev–Trinajstić information content (AvgIpc) is 3.74. The highest BCUT2D eigenvalue weighted by Gasteiger charge is 2.34. The number of anilines is 2. The number of allylic oxidation sites excluding steroid dienone is 1. The SMILES string of the molecule is Cc1cc(C(F)(F)F)ccc1C1=C(CN2CCN(c3ccc(C(=O)CS(=O)(=O)c4ccc(NCC5CCOCC5)c([N+](=O)[O-])c4)c(Oc4cnc5[nH]ccc5c4)c3)CC2)CCC(C)(C)C1. The Morgan fingerprint density at radius 3 is 2.52 bits per heavy atom. The summed E-state index contributed by atoms with van der Waals surface area (Å²) in [4.78, 5) is 37.1. The van der Waals surface area contributed by atoms with E-state index in [0.29, 0.717) is 69.4 Å². The smallest absolute Gasteiger partial charge is 0.416 e. The number of pyridine rings is 1. The molecule has 3 aliphatic rings. The number of nitro groups is 1. The summed E-state index contributed by atoms with van der Waals surface area (Å²) in [5.41, 5.74) is 4.43. The van der Waals surface area contributed by atoms with E-state index in [1.165, 1.54) is 36.0 Å². The highest BCUT2D eigenvalue weighted by molar-refractivity contribution is 7.92. The van der Waals surface area contributed by atoms with Crippen LogP contribution >= 0.6 is 0 Å². The van der Waals surface area contributed by atoms with Gasteiger partial charge in [0.05, 0.1) is 27.1 Å². The Bertz CT molecular complexity index is 2740. The normalized spacial score (nSPS) is 17.7. The van der Waals surface area contributed by atoms with Crippen molar-refractivity contribution in [1.82, 2.24) is 14.9 Å². The maximum Gasteiger partial charge on any atom is 0.416 e. The molecule has 2 fully saturated rings. The van der Waals surface area contributed by atoms with Crippen LogP contribution in [-0.4, -0.2) is 92.2 Å². The minimum Gasteiger partial charge on any atom is -0.455 e. The van der Waals surface area contributed by atoms with Crippen LogP contribution in [-0.2, 0) is 20.8 Å². The van der Waals surface area contributed by atoms with E-state index in [1.807, 2.05) is 6.07 Å². The lowest BCUT2D eigenvalue weighted by Crippen LogP contribution is -2.47. The van der Waals surface area contributed by atoms with E-state index >= 15 is 0 Å². The number of rotatable bonds is 14. The zero-order valence-electron chi connectivity index (χ0n) is 36.7. The number of carbonyl (C=O) groups excluding carboxylic acids is 1. The Labute approximate surface area is 376 Å². The van der Waals surface area contributed by atoms with E-state index in [-0.39, 0.29) is 33.2 Å². The first-order valence-electron chi connectivity index (χ1n) is 21.9. The quantitative estimate of drug-likeness (QED) is 0.0620. The number of piperazine rings is 1. The number of benzene rings is 3. The number of aromatic nitrogens is 2. The summed E-state index contributed by atoms with van der Waals surface area (Å²) in [6.45, 7) is 11.2. The highest BCUT2D eigenvalue weighted by Crippen LogP contribution is 2.45. The number of fused-ring (bicyclic) bond motifs is 1. The molecule has 0 amide bonds. The summed E-state index contributed by atoms with van der Waals surface area (Å²) < 4.78 is 80.0. The summed E-state index contributed by atoms with van der Waals surface area (Å²) >= 11 is 0. The number of ketones is 1. The zero-order valence-corrected chi connectivity index (χ0v) is 37.5. The molecule has 5 aromatic rings. The fourth-order valence-corrected chi connectivity index (χ4v) is 10.3. The Morgan fingerprint density at radius 2 is 1.80 bits per heavy atom. The number of sulfone groups is 1. The minimum atomic E-state index is -4.41. The largest absolute Gasteiger partial charge is 0.455 e. The number of halogens is 3. The Balaban J connectivity index is 1.01. The minimum absolute atomic E-state index is 0.0161. The molecule has 2 aromatic heterocycles. The number of aryl methyl sites for hydroxylation is 1. The third-order valence-electron chi connectivity index (χ3n) is 12.9. The Morgan fingerprint density at radius 1 is 1.03 bits per heavy atom. The van der Waals surface area contributed by atoms with Crippen LogP contribution in [0.1, 0.15) is 73.0 Å². The van der Waals surface area contributed by atoms with Crippen molar-refractivity contribution >= 4 is 49.3 Å². The molecule has 1 aliphatic carbocycles. The molecular formula is C48H53F3N6O7S. The molecule has 0 spiro atoms. The van der Waals surface area contributed by atoms with Gasteiger partial charge in [-0.05, 0) is 116 Å². The fraction of sp³-hybridized carbons (Fsp3) is 0.417. The Hall–Kier alpha value is -5.78. The molecule has 344 valence electrons. The number of nitrogens with zero attached hydrogens (tertiary/aromatic N) is 4. The van der Waals surface area contributed by atoms with E-state index in [2.05, 4.69) is 38.9 Å². The van der Waals surface area contributed by atoms with Crippen molar-refractivity contribution in [3.05, 3.63) is 117 Å². The van der Waals surface area contributed by atoms with Gasteiger partial charge in [0, 0.05) is 81.9 Å². The molecule has 0 unspecified atom stereocenters. The molecule has 2 saturated heterocycles. The first-order valence-corrected chi connectivity index (χ1v) is 23.6. The molecule has 2 N–H and O–H groups in total. The number of Topliss-reactive ketones (excluding diaryl/α,β-unsaturated/α-hetero) is 1. The number of ether oxygens (including phenoxy) is 2. The number of carbonyl (C=O) groups is 1. The predicted octanol–water partition coefficient (Wildman–Crippen LogP) is 9.87. The molecule has 65 heavy (non-hydrogen) atoms. The van der Waals surface area contributed by atoms with Crippen molar-refractivity contribution in [2.45, 2.75) is 63.9 Å². The number of H-pyrrole nitrogens is 1. The third kappa shape index (κ3) is 10.7. The van der Waals surface area contributed by atoms with Crippen LogP contribution in [0.25, 0.3) is 16.6 Å². The second-order valence-corrected chi connectivity index (χ2v) is 20.1. The van der Waals surface area contributed by atoms with E-state index < -0.39 is 43.7 Å². The molecule has 17 heteroatoms. The maximum absolute atomic E-state index is 14.0. The molecule has 13 nitrogen and oxygen atoms in total. The van der Waals surface area contributed by atoms with Gasteiger partial charge in [0.1, 0.15) is 28.6 Å². The van der Waals surface area contributed by atoms with Crippen molar-refractivity contribution < 1.29 is 40.8 Å². The second-order valence-electron chi connectivity index (χ2n) is 18.1. The van der Waals surface area contributed by atoms with Gasteiger partial charge in [-0.2, -0.15) is 13.2 Å². The molecule has 8 rings (SSSR count). The van der Waals surface area contributed by atoms with Crippen molar-refractivity contribution in [3.8, 4) is 11.5 Å². The summed E-state index contributed by atoms with van der Waals surface area (Å²) in [7, 11) is -4.35. The van der Waals surface area contributed by atoms with Crippen LogP contribution in [0.2, 0.25) is 0 Å². The summed E-state index contributed by atoms with van der Waals surface area (Å²) in [5, 5.41) is 16.0. The lowest BCUT2D eigenvalue weighted by atomic mass is 9.72. The van der Waals surface area contributed by atoms with Crippen LogP contribution in [0.5, 0.6) is 11.5 Å². The van der Waals surface area contributed by atoms with Gasteiger partial charge in [0.2, 0.25) is 0 Å². The second kappa shape index (κ2) is 18.6. The topological polar surface area (TPSA) is 160 Å². The van der Waals surface area contributed by atoms with Crippen LogP contribution in [0.15, 0.2) is 89.6 Å². The van der Waals surface area contributed by atoms with Gasteiger partial charge < -0.3 is 24.7 Å². The number of nitrogens with one attached hydrogen (secondary N) is 2. The lowest BCUT2D eigenvalue weighted by Gasteiger charge is -2.39. The van der Waals surface area contributed by atoms with E-state index in [1.54, 1.807) is 43.5 Å². The zero-order chi connectivity index (χ0) is 46.1. The number of hydrogen-bond acceptors (Lipinski definition) is 11. The molecule has 2 aliphatic heterocycles. The molecule has 0 atom stereocenters. The maximum atomic E-state index is 14.0. The predicted molar refractivity (Wildman–Crippen MR) is 244 cm³/mol. The van der Waals surface area contributed by atoms with Gasteiger partial charge in [-0.15, -0.1) is 0 Å². The van der Waals surface area contributed by atoms with Gasteiger partial charge in [-0.1, -0.05) is 25.5 Å². The van der Waals surface area contributed by atoms with Crippen molar-refractivity contribution in [2.75, 3.05) is 68.5 Å². The van der Waals surface area contributed by atoms with Crippen LogP contribution in [0.4, 0.5) is 30.2 Å². The summed E-state index contributed by atoms with van der Waals surface area (Å²) in [6.07, 6.45) is 3.07. The number of alkyl halides is 3. The van der Waals surface area contributed by atoms with Gasteiger partial charge in [-0.25, -0.2) is 13.4 Å². The van der Waals surface area contributed by atoms with E-state index in [4.69, 9.17) is 9.47 Å². The molecule has 3 aromatic carbocycles.